The number of rotatable bonds is 10. The largest absolute Gasteiger partial charge is 0.481 e. The molecule has 2 unspecified atom stereocenters. The van der Waals surface area contributed by atoms with Gasteiger partial charge in [0.1, 0.15) is 6.61 Å². The summed E-state index contributed by atoms with van der Waals surface area (Å²) in [6.45, 7) is 5.49. The number of alkyl carbamates (subject to hydrolysis) is 1. The molecule has 0 heterocycles. The van der Waals surface area contributed by atoms with Gasteiger partial charge in [-0.15, -0.1) is 0 Å². The number of carboxylic acids is 1. The lowest BCUT2D eigenvalue weighted by molar-refractivity contribution is -0.148. The maximum Gasteiger partial charge on any atom is 0.407 e. The van der Waals surface area contributed by atoms with Crippen molar-refractivity contribution in [1.29, 1.82) is 0 Å². The molecule has 0 aliphatic heterocycles. The minimum atomic E-state index is -1.02. The lowest BCUT2D eigenvalue weighted by Crippen LogP contribution is -2.43. The van der Waals surface area contributed by atoms with Crippen LogP contribution in [0, 0.1) is 5.41 Å². The zero-order valence-corrected chi connectivity index (χ0v) is 19.4. The van der Waals surface area contributed by atoms with E-state index in [0.29, 0.717) is 12.8 Å². The van der Waals surface area contributed by atoms with Crippen molar-refractivity contribution in [3.8, 4) is 11.1 Å². The Bertz CT molecular complexity index is 976. The van der Waals surface area contributed by atoms with Crippen LogP contribution in [0.1, 0.15) is 57.1 Å². The molecule has 0 saturated heterocycles. The van der Waals surface area contributed by atoms with Gasteiger partial charge in [-0.1, -0.05) is 62.4 Å². The van der Waals surface area contributed by atoms with Crippen LogP contribution in [-0.2, 0) is 14.3 Å². The van der Waals surface area contributed by atoms with Gasteiger partial charge in [0, 0.05) is 24.9 Å². The van der Waals surface area contributed by atoms with Gasteiger partial charge in [-0.05, 0) is 42.0 Å². The van der Waals surface area contributed by atoms with Crippen LogP contribution in [0.4, 0.5) is 4.79 Å². The molecule has 2 aromatic carbocycles. The lowest BCUT2D eigenvalue weighted by Gasteiger charge is -2.24. The average Bonchev–Trinajstić information content (AvgIpc) is 3.14. The van der Waals surface area contributed by atoms with E-state index in [1.807, 2.05) is 31.2 Å². The first-order chi connectivity index (χ1) is 15.8. The minimum Gasteiger partial charge on any atom is -0.481 e. The van der Waals surface area contributed by atoms with Gasteiger partial charge in [0.25, 0.3) is 0 Å². The van der Waals surface area contributed by atoms with Crippen LogP contribution in [0.3, 0.4) is 0 Å². The van der Waals surface area contributed by atoms with E-state index < -0.39 is 23.5 Å². The zero-order chi connectivity index (χ0) is 24.0. The predicted octanol–water partition coefficient (Wildman–Crippen LogP) is 4.31. The maximum absolute atomic E-state index is 12.5. The summed E-state index contributed by atoms with van der Waals surface area (Å²) in [7, 11) is 0. The van der Waals surface area contributed by atoms with E-state index in [1.54, 1.807) is 13.8 Å². The zero-order valence-electron chi connectivity index (χ0n) is 19.4. The van der Waals surface area contributed by atoms with Gasteiger partial charge < -0.3 is 20.5 Å². The maximum atomic E-state index is 12.5. The van der Waals surface area contributed by atoms with Crippen molar-refractivity contribution < 1.29 is 24.2 Å². The molecule has 0 saturated carbocycles. The fourth-order valence-electron chi connectivity index (χ4n) is 4.05. The SMILES string of the molecule is CCC(CC(=O)NCC(C)(CC)C(=O)O)NC(=O)OCC1c2ccccc2-c2ccccc21. The van der Waals surface area contributed by atoms with Gasteiger partial charge in [0.15, 0.2) is 0 Å². The molecular weight excluding hydrogens is 420 g/mol. The standard InChI is InChI=1S/C26H32N2O5/c1-4-17(14-23(29)27-16-26(3,5-2)24(30)31)28-25(32)33-15-22-20-12-8-6-10-18(20)19-11-7-9-13-21(19)22/h6-13,17,22H,4-5,14-16H2,1-3H3,(H,27,29)(H,28,32)(H,30,31). The molecule has 0 aromatic heterocycles. The molecule has 0 bridgehead atoms. The van der Waals surface area contributed by atoms with Gasteiger partial charge >= 0.3 is 12.1 Å². The molecular formula is C26H32N2O5. The Morgan fingerprint density at radius 1 is 1.03 bits per heavy atom. The van der Waals surface area contributed by atoms with Crippen molar-refractivity contribution in [1.82, 2.24) is 10.6 Å². The Hall–Kier alpha value is -3.35. The third-order valence-corrected chi connectivity index (χ3v) is 6.56. The quantitative estimate of drug-likeness (QED) is 0.498. The number of nitrogens with one attached hydrogen (secondary N) is 2. The molecule has 2 aromatic rings. The number of amides is 2. The highest BCUT2D eigenvalue weighted by atomic mass is 16.5. The van der Waals surface area contributed by atoms with Gasteiger partial charge in [0.2, 0.25) is 5.91 Å². The molecule has 3 rings (SSSR count). The normalized spacial score (nSPS) is 15.0. The van der Waals surface area contributed by atoms with E-state index in [1.165, 1.54) is 0 Å². The van der Waals surface area contributed by atoms with E-state index in [4.69, 9.17) is 4.74 Å². The van der Waals surface area contributed by atoms with Crippen LogP contribution >= 0.6 is 0 Å². The van der Waals surface area contributed by atoms with Crippen LogP contribution in [0.25, 0.3) is 11.1 Å². The Balaban J connectivity index is 1.54. The van der Waals surface area contributed by atoms with E-state index in [-0.39, 0.29) is 31.4 Å². The van der Waals surface area contributed by atoms with Gasteiger partial charge in [0.05, 0.1) is 5.41 Å². The molecule has 3 N–H and O–H groups in total. The van der Waals surface area contributed by atoms with Crippen molar-refractivity contribution in [3.05, 3.63) is 59.7 Å². The fourth-order valence-corrected chi connectivity index (χ4v) is 4.05. The Kier molecular flexibility index (Phi) is 7.74. The molecule has 2 atom stereocenters. The highest BCUT2D eigenvalue weighted by Crippen LogP contribution is 2.44. The van der Waals surface area contributed by atoms with E-state index in [0.717, 1.165) is 22.3 Å². The first-order valence-electron chi connectivity index (χ1n) is 11.4. The van der Waals surface area contributed by atoms with Crippen LogP contribution < -0.4 is 10.6 Å². The minimum absolute atomic E-state index is 0.0331. The van der Waals surface area contributed by atoms with Crippen molar-refractivity contribution >= 4 is 18.0 Å². The van der Waals surface area contributed by atoms with Crippen molar-refractivity contribution in [2.75, 3.05) is 13.2 Å². The number of carbonyl (C=O) groups excluding carboxylic acids is 2. The van der Waals surface area contributed by atoms with Crippen LogP contribution in [0.2, 0.25) is 0 Å². The summed E-state index contributed by atoms with van der Waals surface area (Å²) in [5, 5.41) is 14.8. The number of benzene rings is 2. The molecule has 1 aliphatic carbocycles. The summed E-state index contributed by atoms with van der Waals surface area (Å²) in [5.41, 5.74) is 3.57. The number of carboxylic acid groups (broad SMARTS) is 1. The molecule has 1 aliphatic rings. The van der Waals surface area contributed by atoms with Crippen LogP contribution in [0.15, 0.2) is 48.5 Å². The van der Waals surface area contributed by atoms with Crippen molar-refractivity contribution in [2.45, 2.75) is 52.0 Å². The monoisotopic (exact) mass is 452 g/mol. The molecule has 176 valence electrons. The molecule has 7 nitrogen and oxygen atoms in total. The highest BCUT2D eigenvalue weighted by molar-refractivity contribution is 5.80. The predicted molar refractivity (Wildman–Crippen MR) is 126 cm³/mol. The highest BCUT2D eigenvalue weighted by Gasteiger charge is 2.32. The van der Waals surface area contributed by atoms with Gasteiger partial charge in [-0.25, -0.2) is 4.79 Å². The number of aliphatic carboxylic acids is 1. The summed E-state index contributed by atoms with van der Waals surface area (Å²) in [6, 6.07) is 15.8. The average molecular weight is 453 g/mol. The Labute approximate surface area is 194 Å². The second-order valence-electron chi connectivity index (χ2n) is 8.78. The molecule has 7 heteroatoms. The van der Waals surface area contributed by atoms with E-state index in [2.05, 4.69) is 34.9 Å². The number of fused-ring (bicyclic) bond motifs is 3. The topological polar surface area (TPSA) is 105 Å². The summed E-state index contributed by atoms with van der Waals surface area (Å²) < 4.78 is 5.56. The molecule has 0 spiro atoms. The first kappa shape index (κ1) is 24.3. The van der Waals surface area contributed by atoms with Gasteiger partial charge in [-0.2, -0.15) is 0 Å². The molecule has 2 amide bonds. The molecule has 0 radical (unpaired) electrons. The second-order valence-corrected chi connectivity index (χ2v) is 8.78. The van der Waals surface area contributed by atoms with Crippen molar-refractivity contribution in [2.24, 2.45) is 5.41 Å². The summed E-state index contributed by atoms with van der Waals surface area (Å²) in [5.74, 6) is -1.29. The Morgan fingerprint density at radius 2 is 1.61 bits per heavy atom. The number of ether oxygens (including phenoxy) is 1. The molecule has 33 heavy (non-hydrogen) atoms. The summed E-state index contributed by atoms with van der Waals surface area (Å²) >= 11 is 0. The van der Waals surface area contributed by atoms with Crippen molar-refractivity contribution in [3.63, 3.8) is 0 Å². The third kappa shape index (κ3) is 5.53. The summed E-state index contributed by atoms with van der Waals surface area (Å²) in [6.07, 6.45) is 0.430. The second kappa shape index (κ2) is 10.5. The smallest absolute Gasteiger partial charge is 0.407 e. The summed E-state index contributed by atoms with van der Waals surface area (Å²) in [4.78, 5) is 36.2. The third-order valence-electron chi connectivity index (χ3n) is 6.56. The van der Waals surface area contributed by atoms with E-state index >= 15 is 0 Å². The number of hydrogen-bond donors (Lipinski definition) is 3. The fraction of sp³-hybridized carbons (Fsp3) is 0.423. The van der Waals surface area contributed by atoms with Crippen LogP contribution in [-0.4, -0.2) is 42.3 Å². The van der Waals surface area contributed by atoms with Gasteiger partial charge in [-0.3, -0.25) is 9.59 Å². The molecule has 0 fully saturated rings. The first-order valence-corrected chi connectivity index (χ1v) is 11.4. The Morgan fingerprint density at radius 3 is 2.12 bits per heavy atom. The van der Waals surface area contributed by atoms with E-state index in [9.17, 15) is 19.5 Å². The van der Waals surface area contributed by atoms with Crippen LogP contribution in [0.5, 0.6) is 0 Å². The number of carbonyl (C=O) groups is 3. The number of hydrogen-bond acceptors (Lipinski definition) is 4. The lowest BCUT2D eigenvalue weighted by atomic mass is 9.87.